The Labute approximate surface area is 174 Å². The van der Waals surface area contributed by atoms with E-state index < -0.39 is 0 Å². The van der Waals surface area contributed by atoms with Gasteiger partial charge in [-0.05, 0) is 94.8 Å². The maximum atomic E-state index is 11.4. The lowest BCUT2D eigenvalue weighted by Gasteiger charge is -2.13. The Morgan fingerprint density at radius 3 is 2.19 bits per heavy atom. The van der Waals surface area contributed by atoms with Crippen LogP contribution in [0.2, 0.25) is 0 Å². The third kappa shape index (κ3) is 4.14. The van der Waals surface area contributed by atoms with Gasteiger partial charge in [0.15, 0.2) is 0 Å². The molecule has 0 aliphatic heterocycles. The van der Waals surface area contributed by atoms with Gasteiger partial charge in [-0.15, -0.1) is 0 Å². The van der Waals surface area contributed by atoms with E-state index in [1.165, 1.54) is 20.3 Å². The van der Waals surface area contributed by atoms with Gasteiger partial charge < -0.3 is 0 Å². The zero-order valence-electron chi connectivity index (χ0n) is 15.0. The molecule has 132 valence electrons. The normalized spacial score (nSPS) is 12.6. The van der Waals surface area contributed by atoms with Gasteiger partial charge in [0.25, 0.3) is 0 Å². The molecule has 0 saturated carbocycles. The van der Waals surface area contributed by atoms with E-state index in [9.17, 15) is 4.79 Å². The Hall–Kier alpha value is -2.38. The fraction of sp³-hybridized carbons (Fsp3) is 0.160. The monoisotopic (exact) mass is 462 g/mol. The number of aryl methyl sites for hydroxylation is 4. The van der Waals surface area contributed by atoms with Crippen LogP contribution < -0.4 is 0 Å². The van der Waals surface area contributed by atoms with Crippen LogP contribution in [0, 0.1) is 15.4 Å². The number of halogens is 1. The van der Waals surface area contributed by atoms with Crippen LogP contribution in [0.5, 0.6) is 0 Å². The van der Waals surface area contributed by atoms with Gasteiger partial charge in [-0.25, -0.2) is 0 Å². The molecule has 0 atom stereocenters. The lowest BCUT2D eigenvalue weighted by molar-refractivity contribution is 0.112. The minimum Gasteiger partial charge on any atom is -0.298 e. The number of aldehydes is 1. The number of hydrogen-bond acceptors (Lipinski definition) is 1. The third-order valence-corrected chi connectivity index (χ3v) is 6.02. The summed E-state index contributed by atoms with van der Waals surface area (Å²) in [5.41, 5.74) is 7.91. The first-order valence-electron chi connectivity index (χ1n) is 9.18. The van der Waals surface area contributed by atoms with Gasteiger partial charge in [0.1, 0.15) is 6.29 Å². The van der Waals surface area contributed by atoms with E-state index in [4.69, 9.17) is 0 Å². The largest absolute Gasteiger partial charge is 0.298 e. The Bertz CT molecular complexity index is 1070. The van der Waals surface area contributed by atoms with E-state index >= 15 is 0 Å². The van der Waals surface area contributed by atoms with Crippen LogP contribution in [-0.4, -0.2) is 6.29 Å². The summed E-state index contributed by atoms with van der Waals surface area (Å²) in [6, 6.07) is 21.2. The van der Waals surface area contributed by atoms with Gasteiger partial charge in [-0.3, -0.25) is 4.79 Å². The fourth-order valence-corrected chi connectivity index (χ4v) is 4.03. The van der Waals surface area contributed by atoms with Gasteiger partial charge in [0.2, 0.25) is 0 Å². The average Bonchev–Trinajstić information content (AvgIpc) is 2.69. The summed E-state index contributed by atoms with van der Waals surface area (Å²) in [7, 11) is 0. The maximum absolute atomic E-state index is 11.4. The first-order valence-corrected chi connectivity index (χ1v) is 10.3. The van der Waals surface area contributed by atoms with Crippen molar-refractivity contribution in [2.45, 2.75) is 25.7 Å². The lowest BCUT2D eigenvalue weighted by Crippen LogP contribution is -2.03. The highest BCUT2D eigenvalue weighted by Crippen LogP contribution is 2.21. The number of hydrogen-bond donors (Lipinski definition) is 0. The van der Waals surface area contributed by atoms with Crippen molar-refractivity contribution in [3.05, 3.63) is 103 Å². The molecule has 0 unspecified atom stereocenters. The van der Waals surface area contributed by atoms with Crippen LogP contribution in [0.1, 0.15) is 43.7 Å². The summed E-state index contributed by atoms with van der Waals surface area (Å²) < 4.78 is 1.18. The van der Waals surface area contributed by atoms with E-state index in [1.807, 2.05) is 18.2 Å². The van der Waals surface area contributed by atoms with E-state index in [0.29, 0.717) is 0 Å². The lowest BCUT2D eigenvalue weighted by atomic mass is 9.91. The maximum Gasteiger partial charge on any atom is 0.150 e. The second kappa shape index (κ2) is 8.10. The highest BCUT2D eigenvalue weighted by atomic mass is 127. The number of rotatable bonds is 1. The van der Waals surface area contributed by atoms with Crippen molar-refractivity contribution in [2.24, 2.45) is 0 Å². The minimum atomic E-state index is 0.834. The molecule has 2 heteroatoms. The molecule has 0 fully saturated rings. The summed E-state index contributed by atoms with van der Waals surface area (Å²) in [5, 5.41) is 0. The Morgan fingerprint density at radius 2 is 1.41 bits per heavy atom. The standard InChI is InChI=1S/C25H19IO/c26-25-4-2-1-3-22(25)13-14-23-15-18-5-9-20(23)10-6-19-8-12-21(11-7-18)24(16-19)17-27/h1-5,8-9,12,15-17H,6-7,10-11H2. The zero-order valence-corrected chi connectivity index (χ0v) is 17.1. The van der Waals surface area contributed by atoms with Crippen LogP contribution in [0.4, 0.5) is 0 Å². The summed E-state index contributed by atoms with van der Waals surface area (Å²) in [5.74, 6) is 6.77. The van der Waals surface area contributed by atoms with E-state index in [1.54, 1.807) is 0 Å². The minimum absolute atomic E-state index is 0.834. The first kappa shape index (κ1) is 18.0. The summed E-state index contributed by atoms with van der Waals surface area (Å²) in [6.07, 6.45) is 4.62. The molecule has 7 rings (SSSR count). The molecule has 3 aromatic rings. The van der Waals surface area contributed by atoms with Crippen molar-refractivity contribution >= 4 is 28.9 Å². The predicted octanol–water partition coefficient (Wildman–Crippen LogP) is 5.39. The summed E-state index contributed by atoms with van der Waals surface area (Å²) >= 11 is 2.33. The number of carbonyl (C=O) groups is 1. The van der Waals surface area contributed by atoms with E-state index in [0.717, 1.165) is 54.2 Å². The molecular formula is C25H19IO. The van der Waals surface area contributed by atoms with E-state index in [2.05, 4.69) is 76.9 Å². The molecule has 3 aromatic carbocycles. The quantitative estimate of drug-likeness (QED) is 0.269. The first-order chi connectivity index (χ1) is 13.2. The van der Waals surface area contributed by atoms with Crippen LogP contribution in [-0.2, 0) is 25.7 Å². The van der Waals surface area contributed by atoms with Crippen LogP contribution in [0.3, 0.4) is 0 Å². The smallest absolute Gasteiger partial charge is 0.150 e. The topological polar surface area (TPSA) is 17.1 Å². The second-order valence-corrected chi connectivity index (χ2v) is 8.03. The highest BCUT2D eigenvalue weighted by molar-refractivity contribution is 14.1. The predicted molar refractivity (Wildman–Crippen MR) is 118 cm³/mol. The number of benzene rings is 3. The Morgan fingerprint density at radius 1 is 0.741 bits per heavy atom. The van der Waals surface area contributed by atoms with Gasteiger partial charge >= 0.3 is 0 Å². The van der Waals surface area contributed by atoms with Gasteiger partial charge in [-0.1, -0.05) is 48.2 Å². The molecule has 0 saturated heterocycles. The average molecular weight is 462 g/mol. The van der Waals surface area contributed by atoms with Crippen LogP contribution >= 0.6 is 22.6 Å². The van der Waals surface area contributed by atoms with Crippen molar-refractivity contribution < 1.29 is 4.79 Å². The molecule has 0 radical (unpaired) electrons. The van der Waals surface area contributed by atoms with E-state index in [-0.39, 0.29) is 0 Å². The highest BCUT2D eigenvalue weighted by Gasteiger charge is 2.09. The molecule has 0 spiro atoms. The second-order valence-electron chi connectivity index (χ2n) is 6.87. The van der Waals surface area contributed by atoms with Gasteiger partial charge in [0, 0.05) is 20.3 Å². The molecule has 0 amide bonds. The van der Waals surface area contributed by atoms with Crippen LogP contribution in [0.25, 0.3) is 0 Å². The van der Waals surface area contributed by atoms with Gasteiger partial charge in [-0.2, -0.15) is 0 Å². The SMILES string of the molecule is O=Cc1cc2ccc1CCc1ccc(c(C#Cc3ccccc3I)c1)CC2. The Kier molecular flexibility index (Phi) is 5.40. The molecule has 1 nitrogen and oxygen atoms in total. The van der Waals surface area contributed by atoms with Crippen molar-refractivity contribution in [1.82, 2.24) is 0 Å². The van der Waals surface area contributed by atoms with Gasteiger partial charge in [0.05, 0.1) is 0 Å². The molecule has 0 aromatic heterocycles. The number of carbonyl (C=O) groups excluding carboxylic acids is 1. The summed E-state index contributed by atoms with van der Waals surface area (Å²) in [6.45, 7) is 0. The van der Waals surface area contributed by atoms with Crippen molar-refractivity contribution in [3.8, 4) is 11.8 Å². The molecule has 0 N–H and O–H groups in total. The van der Waals surface area contributed by atoms with Crippen molar-refractivity contribution in [2.75, 3.05) is 0 Å². The van der Waals surface area contributed by atoms with Crippen molar-refractivity contribution in [1.29, 1.82) is 0 Å². The Balaban J connectivity index is 1.72. The third-order valence-electron chi connectivity index (χ3n) is 5.08. The fourth-order valence-electron chi connectivity index (χ4n) is 3.51. The molecule has 27 heavy (non-hydrogen) atoms. The zero-order chi connectivity index (χ0) is 18.6. The molecule has 4 aliphatic carbocycles. The molecule has 4 bridgehead atoms. The van der Waals surface area contributed by atoms with Crippen molar-refractivity contribution in [3.63, 3.8) is 0 Å². The molecule has 0 heterocycles. The summed E-state index contributed by atoms with van der Waals surface area (Å²) in [4.78, 5) is 11.4. The molecule has 4 aliphatic rings. The van der Waals surface area contributed by atoms with Crippen LogP contribution in [0.15, 0.2) is 60.7 Å². The molecular weight excluding hydrogens is 443 g/mol.